The lowest BCUT2D eigenvalue weighted by Gasteiger charge is -2.05. The van der Waals surface area contributed by atoms with Gasteiger partial charge in [-0.15, -0.1) is 0 Å². The molecule has 2 N–H and O–H groups in total. The second-order valence-corrected chi connectivity index (χ2v) is 2.85. The van der Waals surface area contributed by atoms with Crippen LogP contribution >= 0.6 is 0 Å². The van der Waals surface area contributed by atoms with Gasteiger partial charge < -0.3 is 10.5 Å². The van der Waals surface area contributed by atoms with Gasteiger partial charge in [0, 0.05) is 13.5 Å². The van der Waals surface area contributed by atoms with Crippen LogP contribution in [0.15, 0.2) is 0 Å². The van der Waals surface area contributed by atoms with E-state index in [1.165, 1.54) is 7.11 Å². The zero-order chi connectivity index (χ0) is 8.69. The Labute approximate surface area is 67.9 Å². The number of carbonyl (C=O) groups excluding carboxylic acids is 1. The van der Waals surface area contributed by atoms with Gasteiger partial charge in [-0.1, -0.05) is 6.92 Å². The van der Waals surface area contributed by atoms with E-state index in [1.54, 1.807) is 0 Å². The summed E-state index contributed by atoms with van der Waals surface area (Å²) in [6.45, 7) is 2.93. The van der Waals surface area contributed by atoms with Gasteiger partial charge >= 0.3 is 0 Å². The quantitative estimate of drug-likeness (QED) is 0.616. The van der Waals surface area contributed by atoms with Crippen LogP contribution in [0.3, 0.4) is 0 Å². The molecule has 0 amide bonds. The van der Waals surface area contributed by atoms with Crippen LogP contribution in [0.4, 0.5) is 0 Å². The molecule has 0 spiro atoms. The minimum absolute atomic E-state index is 0.160. The average molecular weight is 159 g/mol. The Balaban J connectivity index is 3.30. The van der Waals surface area contributed by atoms with Crippen LogP contribution < -0.4 is 5.73 Å². The summed E-state index contributed by atoms with van der Waals surface area (Å²) in [7, 11) is 1.53. The van der Waals surface area contributed by atoms with E-state index in [4.69, 9.17) is 5.73 Å². The Morgan fingerprint density at radius 1 is 1.64 bits per heavy atom. The highest BCUT2D eigenvalue weighted by atomic mass is 16.5. The van der Waals surface area contributed by atoms with E-state index < -0.39 is 0 Å². The first kappa shape index (κ1) is 10.6. The zero-order valence-corrected chi connectivity index (χ0v) is 7.30. The van der Waals surface area contributed by atoms with Crippen LogP contribution in [-0.4, -0.2) is 26.0 Å². The van der Waals surface area contributed by atoms with E-state index in [0.717, 1.165) is 6.42 Å². The first-order valence-corrected chi connectivity index (χ1v) is 3.91. The van der Waals surface area contributed by atoms with E-state index in [0.29, 0.717) is 18.9 Å². The van der Waals surface area contributed by atoms with Gasteiger partial charge in [-0.05, 0) is 18.9 Å². The Hall–Kier alpha value is -0.410. The first-order chi connectivity index (χ1) is 5.20. The summed E-state index contributed by atoms with van der Waals surface area (Å²) in [5, 5.41) is 0. The third-order valence-corrected chi connectivity index (χ3v) is 1.62. The molecule has 3 nitrogen and oxygen atoms in total. The molecular weight excluding hydrogens is 142 g/mol. The number of hydrogen-bond donors (Lipinski definition) is 1. The maximum Gasteiger partial charge on any atom is 0.158 e. The first-order valence-electron chi connectivity index (χ1n) is 3.91. The number of nitrogens with two attached hydrogens (primary N) is 1. The standard InChI is InChI=1S/C8H17NO2/c1-7(5-9)3-4-8(10)6-11-2/h7H,3-6,9H2,1-2H3. The number of methoxy groups -OCH3 is 1. The van der Waals surface area contributed by atoms with Crippen molar-refractivity contribution in [2.24, 2.45) is 11.7 Å². The van der Waals surface area contributed by atoms with E-state index in [9.17, 15) is 4.79 Å². The number of ketones is 1. The van der Waals surface area contributed by atoms with Crippen molar-refractivity contribution in [3.05, 3.63) is 0 Å². The smallest absolute Gasteiger partial charge is 0.158 e. The Kier molecular flexibility index (Phi) is 6.07. The summed E-state index contributed by atoms with van der Waals surface area (Å²) in [6, 6.07) is 0. The minimum Gasteiger partial charge on any atom is -0.377 e. The van der Waals surface area contributed by atoms with Crippen LogP contribution in [0, 0.1) is 5.92 Å². The lowest BCUT2D eigenvalue weighted by atomic mass is 10.0. The van der Waals surface area contributed by atoms with E-state index in [2.05, 4.69) is 4.74 Å². The number of Topliss-reactive ketones (excluding diaryl/α,β-unsaturated/α-hetero) is 1. The molecule has 0 aromatic carbocycles. The van der Waals surface area contributed by atoms with Crippen molar-refractivity contribution < 1.29 is 9.53 Å². The molecule has 1 unspecified atom stereocenters. The van der Waals surface area contributed by atoms with Crippen LogP contribution in [0.5, 0.6) is 0 Å². The molecule has 0 radical (unpaired) electrons. The van der Waals surface area contributed by atoms with E-state index in [1.807, 2.05) is 6.92 Å². The van der Waals surface area contributed by atoms with Gasteiger partial charge in [0.15, 0.2) is 5.78 Å². The lowest BCUT2D eigenvalue weighted by molar-refractivity contribution is -0.122. The van der Waals surface area contributed by atoms with Crippen molar-refractivity contribution in [2.75, 3.05) is 20.3 Å². The predicted molar refractivity (Wildman–Crippen MR) is 44.3 cm³/mol. The summed E-state index contributed by atoms with van der Waals surface area (Å²) < 4.78 is 4.69. The average Bonchev–Trinajstić information content (AvgIpc) is 2.01. The molecule has 0 aliphatic heterocycles. The second kappa shape index (κ2) is 6.31. The summed E-state index contributed by atoms with van der Waals surface area (Å²) in [6.07, 6.45) is 1.46. The molecule has 0 saturated carbocycles. The molecule has 66 valence electrons. The minimum atomic E-state index is 0.160. The van der Waals surface area contributed by atoms with Gasteiger partial charge in [0.1, 0.15) is 6.61 Å². The highest BCUT2D eigenvalue weighted by Gasteiger charge is 2.04. The van der Waals surface area contributed by atoms with E-state index in [-0.39, 0.29) is 12.4 Å². The molecule has 0 saturated heterocycles. The fraction of sp³-hybridized carbons (Fsp3) is 0.875. The molecule has 1 atom stereocenters. The molecule has 0 fully saturated rings. The molecule has 0 aromatic rings. The number of rotatable bonds is 6. The normalized spacial score (nSPS) is 13.0. The Morgan fingerprint density at radius 2 is 2.27 bits per heavy atom. The molecule has 0 aliphatic carbocycles. The maximum atomic E-state index is 10.9. The summed E-state index contributed by atoms with van der Waals surface area (Å²) in [5.41, 5.74) is 5.39. The zero-order valence-electron chi connectivity index (χ0n) is 7.30. The van der Waals surface area contributed by atoms with Crippen molar-refractivity contribution in [1.82, 2.24) is 0 Å². The summed E-state index contributed by atoms with van der Waals surface area (Å²) >= 11 is 0. The largest absolute Gasteiger partial charge is 0.377 e. The fourth-order valence-electron chi connectivity index (χ4n) is 0.758. The number of carbonyl (C=O) groups is 1. The van der Waals surface area contributed by atoms with Crippen molar-refractivity contribution >= 4 is 5.78 Å². The highest BCUT2D eigenvalue weighted by Crippen LogP contribution is 2.03. The predicted octanol–water partition coefficient (Wildman–Crippen LogP) is 0.577. The molecule has 0 heterocycles. The van der Waals surface area contributed by atoms with Crippen LogP contribution in [-0.2, 0) is 9.53 Å². The van der Waals surface area contributed by atoms with Gasteiger partial charge in [-0.2, -0.15) is 0 Å². The van der Waals surface area contributed by atoms with Crippen molar-refractivity contribution in [3.63, 3.8) is 0 Å². The summed E-state index contributed by atoms with van der Waals surface area (Å²) in [5.74, 6) is 0.601. The van der Waals surface area contributed by atoms with E-state index >= 15 is 0 Å². The number of ether oxygens (including phenoxy) is 1. The lowest BCUT2D eigenvalue weighted by Crippen LogP contribution is -2.14. The van der Waals surface area contributed by atoms with Crippen molar-refractivity contribution in [3.8, 4) is 0 Å². The molecule has 0 bridgehead atoms. The fourth-order valence-corrected chi connectivity index (χ4v) is 0.758. The SMILES string of the molecule is COCC(=O)CCC(C)CN. The molecule has 0 rings (SSSR count). The number of hydrogen-bond acceptors (Lipinski definition) is 3. The summed E-state index contributed by atoms with van der Waals surface area (Å²) in [4.78, 5) is 10.9. The monoisotopic (exact) mass is 159 g/mol. The Morgan fingerprint density at radius 3 is 2.73 bits per heavy atom. The second-order valence-electron chi connectivity index (χ2n) is 2.85. The topological polar surface area (TPSA) is 52.3 Å². The van der Waals surface area contributed by atoms with Gasteiger partial charge in [0.05, 0.1) is 0 Å². The molecule has 0 aromatic heterocycles. The highest BCUT2D eigenvalue weighted by molar-refractivity contribution is 5.79. The maximum absolute atomic E-state index is 10.9. The molecule has 0 aliphatic rings. The molecule has 11 heavy (non-hydrogen) atoms. The van der Waals surface area contributed by atoms with Crippen LogP contribution in [0.25, 0.3) is 0 Å². The van der Waals surface area contributed by atoms with Crippen LogP contribution in [0.2, 0.25) is 0 Å². The van der Waals surface area contributed by atoms with Crippen LogP contribution in [0.1, 0.15) is 19.8 Å². The molecule has 3 heteroatoms. The third kappa shape index (κ3) is 6.01. The van der Waals surface area contributed by atoms with Crippen molar-refractivity contribution in [1.29, 1.82) is 0 Å². The molecular formula is C8H17NO2. The van der Waals surface area contributed by atoms with Gasteiger partial charge in [0.2, 0.25) is 0 Å². The van der Waals surface area contributed by atoms with Gasteiger partial charge in [-0.25, -0.2) is 0 Å². The van der Waals surface area contributed by atoms with Gasteiger partial charge in [0.25, 0.3) is 0 Å². The van der Waals surface area contributed by atoms with Crippen molar-refractivity contribution in [2.45, 2.75) is 19.8 Å². The Bertz CT molecular complexity index is 115. The third-order valence-electron chi connectivity index (χ3n) is 1.62. The van der Waals surface area contributed by atoms with Gasteiger partial charge in [-0.3, -0.25) is 4.79 Å².